The molecule has 42 heavy (non-hydrogen) atoms. The maximum Gasteiger partial charge on any atom is 0.450 e. The first-order valence-electron chi connectivity index (χ1n) is 11.6. The molecule has 0 heterocycles. The summed E-state index contributed by atoms with van der Waals surface area (Å²) in [6.45, 7) is 0. The maximum absolute atomic E-state index is 14.6. The number of hydrogen-bond acceptors (Lipinski definition) is 3. The number of carbonyl (C=O) groups is 3. The van der Waals surface area contributed by atoms with Gasteiger partial charge in [-0.25, -0.2) is 17.6 Å². The summed E-state index contributed by atoms with van der Waals surface area (Å²) in [5.74, 6) is -12.4. The highest BCUT2D eigenvalue weighted by Gasteiger charge is 2.67. The van der Waals surface area contributed by atoms with Gasteiger partial charge in [0.1, 0.15) is 16.0 Å². The molecule has 4 nitrogen and oxygen atoms in total. The van der Waals surface area contributed by atoms with E-state index in [2.05, 4.69) is 5.32 Å². The quantitative estimate of drug-likeness (QED) is 0.149. The Balaban J connectivity index is 1.55. The summed E-state index contributed by atoms with van der Waals surface area (Å²) in [4.78, 5) is 37.0. The van der Waals surface area contributed by atoms with Crippen LogP contribution in [-0.4, -0.2) is 28.0 Å². The highest BCUT2D eigenvalue weighted by molar-refractivity contribution is 6.53. The normalized spacial score (nSPS) is 17.6. The zero-order chi connectivity index (χ0) is 31.3. The minimum atomic E-state index is -5.29. The van der Waals surface area contributed by atoms with Crippen LogP contribution in [-0.2, 0) is 22.4 Å². The van der Waals surface area contributed by atoms with Crippen molar-refractivity contribution in [3.8, 4) is 0 Å². The Hall–Kier alpha value is -2.86. The van der Waals surface area contributed by atoms with Gasteiger partial charge in [-0.1, -0.05) is 29.3 Å². The Morgan fingerprint density at radius 3 is 2.02 bits per heavy atom. The first-order valence-corrected chi connectivity index (χ1v) is 13.2. The first kappa shape index (κ1) is 32.1. The minimum absolute atomic E-state index is 0.166. The summed E-state index contributed by atoms with van der Waals surface area (Å²) in [5.41, 5.74) is -2.43. The smallest absolute Gasteiger partial charge is 0.326 e. The van der Waals surface area contributed by atoms with Crippen LogP contribution in [0.1, 0.15) is 33.0 Å². The maximum atomic E-state index is 14.6. The molecule has 0 saturated heterocycles. The van der Waals surface area contributed by atoms with E-state index in [1.165, 1.54) is 12.1 Å². The molecule has 2 atom stereocenters. The number of benzene rings is 3. The van der Waals surface area contributed by atoms with Gasteiger partial charge in [0.05, 0.1) is 21.5 Å². The number of alkyl halides is 5. The molecule has 0 spiro atoms. The summed E-state index contributed by atoms with van der Waals surface area (Å²) < 4.78 is 93.5. The zero-order valence-corrected chi connectivity index (χ0v) is 23.5. The van der Waals surface area contributed by atoms with E-state index < -0.39 is 98.3 Å². The molecule has 0 bridgehead atoms. The molecular weight excluding hydrogens is 661 g/mol. The highest BCUT2D eigenvalue weighted by Crippen LogP contribution is 2.65. The number of carbonyl (C=O) groups excluding carboxylic acids is 3. The Kier molecular flexibility index (Phi) is 8.91. The standard InChI is InChI=1S/C27H14Cl4F7NO3/c28-15-2-1-10(4-16(15)29)22-23(26(22,30)31)25(42)39-13-7-14(24(35)19(34)8-13)20(40)5-11-3-12(18(33)9-17(11)32)6-21(41)27(36,37)38/h1-4,7-9,22-23H,5-6H2,(H,39,42)/t22-,23+/m0/s1. The van der Waals surface area contributed by atoms with E-state index >= 15 is 0 Å². The first-order chi connectivity index (χ1) is 19.4. The van der Waals surface area contributed by atoms with Crippen molar-refractivity contribution >= 4 is 69.6 Å². The molecule has 1 aliphatic rings. The van der Waals surface area contributed by atoms with Crippen LogP contribution >= 0.6 is 46.4 Å². The van der Waals surface area contributed by atoms with Gasteiger partial charge in [0, 0.05) is 36.6 Å². The van der Waals surface area contributed by atoms with Crippen LogP contribution in [0.15, 0.2) is 42.5 Å². The third-order valence-electron chi connectivity index (χ3n) is 6.47. The molecule has 4 rings (SSSR count). The van der Waals surface area contributed by atoms with E-state index in [1.807, 2.05) is 0 Å². The summed E-state index contributed by atoms with van der Waals surface area (Å²) in [7, 11) is 0. The molecule has 15 heteroatoms. The molecule has 1 N–H and O–H groups in total. The van der Waals surface area contributed by atoms with Gasteiger partial charge in [-0.15, -0.1) is 23.2 Å². The van der Waals surface area contributed by atoms with Crippen LogP contribution in [0.2, 0.25) is 10.0 Å². The van der Waals surface area contributed by atoms with Crippen LogP contribution in [0, 0.1) is 29.2 Å². The molecule has 222 valence electrons. The molecule has 0 aromatic heterocycles. The summed E-state index contributed by atoms with van der Waals surface area (Å²) in [5, 5.41) is 2.69. The molecule has 1 saturated carbocycles. The summed E-state index contributed by atoms with van der Waals surface area (Å²) in [6.07, 6.45) is -7.83. The fourth-order valence-electron chi connectivity index (χ4n) is 4.31. The lowest BCUT2D eigenvalue weighted by atomic mass is 9.98. The fourth-order valence-corrected chi connectivity index (χ4v) is 5.45. The van der Waals surface area contributed by atoms with Gasteiger partial charge in [-0.05, 0) is 41.0 Å². The van der Waals surface area contributed by atoms with Crippen LogP contribution < -0.4 is 5.32 Å². The number of halogens is 11. The molecule has 0 aliphatic heterocycles. The zero-order valence-electron chi connectivity index (χ0n) is 20.5. The predicted octanol–water partition coefficient (Wildman–Crippen LogP) is 8.18. The van der Waals surface area contributed by atoms with Crippen molar-refractivity contribution in [3.63, 3.8) is 0 Å². The topological polar surface area (TPSA) is 63.2 Å². The van der Waals surface area contributed by atoms with Crippen molar-refractivity contribution in [1.82, 2.24) is 0 Å². The lowest BCUT2D eigenvalue weighted by molar-refractivity contribution is -0.170. The van der Waals surface area contributed by atoms with E-state index in [0.29, 0.717) is 17.7 Å². The van der Waals surface area contributed by atoms with Gasteiger partial charge in [0.25, 0.3) is 0 Å². The number of anilines is 1. The molecular formula is C27H14Cl4F7NO3. The predicted molar refractivity (Wildman–Crippen MR) is 141 cm³/mol. The molecule has 1 fully saturated rings. The SMILES string of the molecule is O=C(Cc1cc(CC(=O)C(F)(F)F)c(F)cc1F)c1cc(NC(=O)[C@H]2[C@H](c3ccc(Cl)c(Cl)c3)C2(Cl)Cl)cc(F)c1F. The van der Waals surface area contributed by atoms with Gasteiger partial charge >= 0.3 is 6.18 Å². The summed E-state index contributed by atoms with van der Waals surface area (Å²) in [6, 6.07) is 6.44. The molecule has 0 unspecified atom stereocenters. The van der Waals surface area contributed by atoms with E-state index in [4.69, 9.17) is 46.4 Å². The number of amides is 1. The molecule has 1 amide bonds. The lowest BCUT2D eigenvalue weighted by Crippen LogP contribution is -2.25. The van der Waals surface area contributed by atoms with Crippen LogP contribution in [0.5, 0.6) is 0 Å². The van der Waals surface area contributed by atoms with Gasteiger partial charge in [0.2, 0.25) is 11.7 Å². The highest BCUT2D eigenvalue weighted by atomic mass is 35.5. The number of hydrogen-bond donors (Lipinski definition) is 1. The second-order valence-corrected chi connectivity index (χ2v) is 11.6. The number of Topliss-reactive ketones (excluding diaryl/α,β-unsaturated/α-hetero) is 2. The third-order valence-corrected chi connectivity index (χ3v) is 8.15. The fraction of sp³-hybridized carbons (Fsp3) is 0.222. The molecule has 3 aromatic rings. The monoisotopic (exact) mass is 673 g/mol. The van der Waals surface area contributed by atoms with Crippen molar-refractivity contribution < 1.29 is 45.1 Å². The van der Waals surface area contributed by atoms with Crippen molar-refractivity contribution in [2.45, 2.75) is 29.3 Å². The number of rotatable bonds is 8. The van der Waals surface area contributed by atoms with Crippen molar-refractivity contribution in [2.75, 3.05) is 5.32 Å². The Labute approximate surface area is 252 Å². The average Bonchev–Trinajstić information content (AvgIpc) is 3.46. The van der Waals surface area contributed by atoms with Gasteiger partial charge in [0.15, 0.2) is 17.4 Å². The largest absolute Gasteiger partial charge is 0.450 e. The van der Waals surface area contributed by atoms with Gasteiger partial charge < -0.3 is 5.32 Å². The van der Waals surface area contributed by atoms with Crippen LogP contribution in [0.25, 0.3) is 0 Å². The Morgan fingerprint density at radius 1 is 0.810 bits per heavy atom. The molecule has 1 aliphatic carbocycles. The average molecular weight is 675 g/mol. The van der Waals surface area contributed by atoms with Crippen molar-refractivity contribution in [1.29, 1.82) is 0 Å². The number of ketones is 2. The van der Waals surface area contributed by atoms with Gasteiger partial charge in [-0.2, -0.15) is 13.2 Å². The van der Waals surface area contributed by atoms with Crippen molar-refractivity contribution in [2.24, 2.45) is 5.92 Å². The Morgan fingerprint density at radius 2 is 1.43 bits per heavy atom. The van der Waals surface area contributed by atoms with E-state index in [0.717, 1.165) is 6.07 Å². The van der Waals surface area contributed by atoms with Crippen LogP contribution in [0.3, 0.4) is 0 Å². The second kappa shape index (κ2) is 11.7. The van der Waals surface area contributed by atoms with E-state index in [9.17, 15) is 45.1 Å². The molecule has 0 radical (unpaired) electrons. The van der Waals surface area contributed by atoms with Crippen LogP contribution in [0.4, 0.5) is 36.4 Å². The van der Waals surface area contributed by atoms with Gasteiger partial charge in [-0.3, -0.25) is 14.4 Å². The summed E-state index contributed by atoms with van der Waals surface area (Å²) >= 11 is 24.5. The second-order valence-electron chi connectivity index (χ2n) is 9.34. The third kappa shape index (κ3) is 6.54. The Bertz CT molecular complexity index is 1630. The van der Waals surface area contributed by atoms with E-state index in [-0.39, 0.29) is 16.1 Å². The van der Waals surface area contributed by atoms with E-state index in [1.54, 1.807) is 6.07 Å². The van der Waals surface area contributed by atoms with Crippen molar-refractivity contribution in [3.05, 3.63) is 98.0 Å². The lowest BCUT2D eigenvalue weighted by Gasteiger charge is -2.11. The molecule has 3 aromatic carbocycles. The minimum Gasteiger partial charge on any atom is -0.326 e. The number of nitrogens with one attached hydrogen (secondary N) is 1.